The molecule has 2 atom stereocenters. The molecule has 0 bridgehead atoms. The highest BCUT2D eigenvalue weighted by atomic mass is 79.9. The van der Waals surface area contributed by atoms with E-state index >= 15 is 0 Å². The summed E-state index contributed by atoms with van der Waals surface area (Å²) in [4.78, 5) is 31.7. The molecule has 2 aliphatic rings. The Labute approximate surface area is 174 Å². The molecule has 1 amide bonds. The molecule has 0 saturated carbocycles. The summed E-state index contributed by atoms with van der Waals surface area (Å²) in [6, 6.07) is 11.1. The van der Waals surface area contributed by atoms with Crippen molar-refractivity contribution in [2.75, 3.05) is 18.8 Å². The van der Waals surface area contributed by atoms with Crippen LogP contribution in [0.2, 0.25) is 0 Å². The summed E-state index contributed by atoms with van der Waals surface area (Å²) in [5.74, 6) is 0.939. The number of benzene rings is 1. The highest BCUT2D eigenvalue weighted by Crippen LogP contribution is 2.47. The van der Waals surface area contributed by atoms with Crippen molar-refractivity contribution in [1.82, 2.24) is 14.5 Å². The van der Waals surface area contributed by atoms with Gasteiger partial charge in [0.15, 0.2) is 5.17 Å². The smallest absolute Gasteiger partial charge is 0.281 e. The van der Waals surface area contributed by atoms with E-state index < -0.39 is 5.54 Å². The first-order valence-corrected chi connectivity index (χ1v) is 11.0. The summed E-state index contributed by atoms with van der Waals surface area (Å²) < 4.78 is 5.14. The Bertz CT molecular complexity index is 894. The molecule has 1 aromatic heterocycles. The van der Waals surface area contributed by atoms with Gasteiger partial charge in [0.25, 0.3) is 13.3 Å². The molecule has 1 N–H and O–H groups in total. The number of carbonyl (C=O) groups is 2. The molecule has 1 saturated heterocycles. The van der Waals surface area contributed by atoms with Gasteiger partial charge in [0, 0.05) is 23.8 Å². The van der Waals surface area contributed by atoms with Gasteiger partial charge in [-0.2, -0.15) is 4.37 Å². The molecular formula is C17H16BBrN4O2S2. The normalized spacial score (nSPS) is 24.8. The Morgan fingerprint density at radius 2 is 2.22 bits per heavy atom. The molecule has 2 unspecified atom stereocenters. The summed E-state index contributed by atoms with van der Waals surface area (Å²) >= 11 is 6.41. The fraction of sp³-hybridized carbons (Fsp3) is 0.294. The Morgan fingerprint density at radius 1 is 1.41 bits per heavy atom. The summed E-state index contributed by atoms with van der Waals surface area (Å²) in [7, 11) is 0.393. The minimum atomic E-state index is -0.475. The first-order chi connectivity index (χ1) is 13.1. The van der Waals surface area contributed by atoms with Gasteiger partial charge >= 0.3 is 0 Å². The summed E-state index contributed by atoms with van der Waals surface area (Å²) in [6.07, 6.45) is 0.933. The molecule has 10 heteroatoms. The number of thioether (sulfide) groups is 1. The molecule has 6 nitrogen and oxygen atoms in total. The second-order valence-electron chi connectivity index (χ2n) is 6.54. The Morgan fingerprint density at radius 3 is 2.93 bits per heavy atom. The number of amides is 1. The van der Waals surface area contributed by atoms with Crippen molar-refractivity contribution < 1.29 is 9.59 Å². The molecule has 1 fully saturated rings. The predicted octanol–water partition coefficient (Wildman–Crippen LogP) is 2.11. The molecule has 3 heterocycles. The second-order valence-corrected chi connectivity index (χ2v) is 9.17. The SMILES string of the molecule is O=CBN1CC2CSC(NC(=O)c3ccccc3)=NC2(c2cc(Br)ns2)C1. The van der Waals surface area contributed by atoms with Gasteiger partial charge in [-0.05, 0) is 52.2 Å². The molecule has 27 heavy (non-hydrogen) atoms. The largest absolute Gasteiger partial charge is 0.336 e. The van der Waals surface area contributed by atoms with E-state index in [9.17, 15) is 9.59 Å². The summed E-state index contributed by atoms with van der Waals surface area (Å²) in [5.41, 5.74) is 0.128. The minimum absolute atomic E-state index is 0.163. The summed E-state index contributed by atoms with van der Waals surface area (Å²) in [6.45, 7) is 1.46. The number of hydrogen-bond donors (Lipinski definition) is 1. The van der Waals surface area contributed by atoms with Gasteiger partial charge in [-0.3, -0.25) is 4.79 Å². The lowest BCUT2D eigenvalue weighted by molar-refractivity contribution is 0.0977. The topological polar surface area (TPSA) is 74.7 Å². The van der Waals surface area contributed by atoms with Crippen LogP contribution in [-0.4, -0.2) is 52.7 Å². The van der Waals surface area contributed by atoms with Crippen molar-refractivity contribution in [3.05, 3.63) is 51.4 Å². The van der Waals surface area contributed by atoms with E-state index in [2.05, 4.69) is 30.4 Å². The Balaban J connectivity index is 1.65. The van der Waals surface area contributed by atoms with Gasteiger partial charge < -0.3 is 14.9 Å². The van der Waals surface area contributed by atoms with E-state index in [1.807, 2.05) is 24.3 Å². The van der Waals surface area contributed by atoms with Crippen LogP contribution in [0.25, 0.3) is 0 Å². The van der Waals surface area contributed by atoms with Crippen LogP contribution in [0.15, 0.2) is 46.0 Å². The van der Waals surface area contributed by atoms with Crippen LogP contribution in [0.1, 0.15) is 15.2 Å². The number of aromatic nitrogens is 1. The third kappa shape index (κ3) is 3.76. The average molecular weight is 463 g/mol. The molecule has 138 valence electrons. The predicted molar refractivity (Wildman–Crippen MR) is 114 cm³/mol. The molecule has 1 aromatic carbocycles. The maximum absolute atomic E-state index is 12.5. The lowest BCUT2D eigenvalue weighted by Crippen LogP contribution is -2.42. The molecular weight excluding hydrogens is 447 g/mol. The minimum Gasteiger partial charge on any atom is -0.336 e. The van der Waals surface area contributed by atoms with E-state index in [1.54, 1.807) is 23.9 Å². The quantitative estimate of drug-likeness (QED) is 0.556. The van der Waals surface area contributed by atoms with E-state index in [1.165, 1.54) is 11.5 Å². The first kappa shape index (κ1) is 18.9. The number of amidine groups is 1. The monoisotopic (exact) mass is 462 g/mol. The number of hydrogen-bond acceptors (Lipinski definition) is 7. The van der Waals surface area contributed by atoms with Crippen LogP contribution in [0.4, 0.5) is 0 Å². The van der Waals surface area contributed by atoms with E-state index in [0.29, 0.717) is 24.7 Å². The maximum atomic E-state index is 12.5. The molecule has 2 aliphatic heterocycles. The highest BCUT2D eigenvalue weighted by Gasteiger charge is 2.51. The van der Waals surface area contributed by atoms with Gasteiger partial charge in [-0.1, -0.05) is 30.0 Å². The van der Waals surface area contributed by atoms with Crippen LogP contribution in [0.3, 0.4) is 0 Å². The van der Waals surface area contributed by atoms with Crippen molar-refractivity contribution in [2.45, 2.75) is 5.54 Å². The first-order valence-electron chi connectivity index (χ1n) is 8.48. The Kier molecular flexibility index (Phi) is 5.49. The number of carbonyl (C=O) groups excluding carboxylic acids is 2. The zero-order valence-corrected chi connectivity index (χ0v) is 17.5. The van der Waals surface area contributed by atoms with Crippen molar-refractivity contribution in [3.8, 4) is 0 Å². The zero-order valence-electron chi connectivity index (χ0n) is 14.3. The van der Waals surface area contributed by atoms with E-state index in [-0.39, 0.29) is 11.8 Å². The number of rotatable bonds is 4. The number of aliphatic imine (C=N–C) groups is 1. The maximum Gasteiger partial charge on any atom is 0.281 e. The lowest BCUT2D eigenvalue weighted by atomic mass is 9.87. The standard InChI is InChI=1S/C17H16BBrN4O2S2/c19-14-6-13(27-22-14)17-9-23(18-10-24)7-12(17)8-26-16(21-17)20-15(25)11-4-2-1-3-5-11/h1-6,10,12,18H,7-9H2,(H,20,21,25). The number of nitrogens with one attached hydrogen (secondary N) is 1. The molecule has 4 rings (SSSR count). The fourth-order valence-corrected chi connectivity index (χ4v) is 6.13. The van der Waals surface area contributed by atoms with Crippen LogP contribution in [0, 0.1) is 5.92 Å². The van der Waals surface area contributed by atoms with Crippen molar-refractivity contribution in [1.29, 1.82) is 0 Å². The van der Waals surface area contributed by atoms with Crippen LogP contribution >= 0.6 is 39.2 Å². The number of fused-ring (bicyclic) bond motifs is 1. The molecule has 0 spiro atoms. The van der Waals surface area contributed by atoms with Crippen LogP contribution in [-0.2, 0) is 10.3 Å². The van der Waals surface area contributed by atoms with Crippen molar-refractivity contribution >= 4 is 63.9 Å². The third-order valence-corrected chi connectivity index (χ3v) is 7.47. The van der Waals surface area contributed by atoms with Crippen LogP contribution in [0.5, 0.6) is 0 Å². The van der Waals surface area contributed by atoms with Crippen molar-refractivity contribution in [3.63, 3.8) is 0 Å². The average Bonchev–Trinajstić information content (AvgIpc) is 3.26. The highest BCUT2D eigenvalue weighted by molar-refractivity contribution is 9.10. The van der Waals surface area contributed by atoms with E-state index in [0.717, 1.165) is 28.0 Å². The van der Waals surface area contributed by atoms with Gasteiger partial charge in [0.05, 0.1) is 11.1 Å². The van der Waals surface area contributed by atoms with E-state index in [4.69, 9.17) is 4.99 Å². The molecule has 0 radical (unpaired) electrons. The molecule has 0 aliphatic carbocycles. The van der Waals surface area contributed by atoms with Gasteiger partial charge in [-0.15, -0.1) is 0 Å². The second kappa shape index (κ2) is 7.87. The fourth-order valence-electron chi connectivity index (χ4n) is 3.57. The van der Waals surface area contributed by atoms with Gasteiger partial charge in [0.2, 0.25) is 0 Å². The van der Waals surface area contributed by atoms with Crippen molar-refractivity contribution in [2.24, 2.45) is 10.9 Å². The number of halogens is 1. The third-order valence-electron chi connectivity index (χ3n) is 4.84. The number of nitrogens with zero attached hydrogens (tertiary/aromatic N) is 3. The van der Waals surface area contributed by atoms with Gasteiger partial charge in [0.1, 0.15) is 10.1 Å². The lowest BCUT2D eigenvalue weighted by Gasteiger charge is -2.34. The van der Waals surface area contributed by atoms with Crippen LogP contribution < -0.4 is 5.32 Å². The summed E-state index contributed by atoms with van der Waals surface area (Å²) in [5, 5.41) is 3.58. The van der Waals surface area contributed by atoms with Gasteiger partial charge in [-0.25, -0.2) is 4.99 Å². The molecule has 2 aromatic rings. The zero-order chi connectivity index (χ0) is 18.9. The Hall–Kier alpha value is -1.49.